The topological polar surface area (TPSA) is 73.8 Å². The molecule has 2 rings (SSSR count). The molecule has 1 aromatic rings. The van der Waals surface area contributed by atoms with E-state index in [0.29, 0.717) is 10.8 Å². The van der Waals surface area contributed by atoms with Crippen LogP contribution in [-0.4, -0.2) is 64.8 Å². The summed E-state index contributed by atoms with van der Waals surface area (Å²) in [6, 6.07) is 7.09. The summed E-state index contributed by atoms with van der Waals surface area (Å²) in [6.07, 6.45) is 3.28. The third kappa shape index (κ3) is 8.35. The van der Waals surface area contributed by atoms with Crippen molar-refractivity contribution >= 4 is 39.8 Å². The van der Waals surface area contributed by atoms with Crippen molar-refractivity contribution in [3.8, 4) is 0 Å². The summed E-state index contributed by atoms with van der Waals surface area (Å²) in [5, 5.41) is 6.66. The van der Waals surface area contributed by atoms with Crippen molar-refractivity contribution in [2.45, 2.75) is 31.6 Å². The predicted molar refractivity (Wildman–Crippen MR) is 123 cm³/mol. The molecule has 0 radical (unpaired) electrons. The first kappa shape index (κ1) is 24.2. The van der Waals surface area contributed by atoms with Gasteiger partial charge in [-0.05, 0) is 56.5 Å². The molecule has 0 bridgehead atoms. The molecule has 1 aliphatic rings. The van der Waals surface area contributed by atoms with Crippen LogP contribution in [0.15, 0.2) is 34.2 Å². The van der Waals surface area contributed by atoms with Crippen molar-refractivity contribution in [1.29, 1.82) is 0 Å². The summed E-state index contributed by atoms with van der Waals surface area (Å²) in [4.78, 5) is 7.57. The lowest BCUT2D eigenvalue weighted by molar-refractivity contribution is 0.343. The van der Waals surface area contributed by atoms with Gasteiger partial charge in [0.05, 0.1) is 4.90 Å². The van der Waals surface area contributed by atoms with Gasteiger partial charge < -0.3 is 15.5 Å². The Morgan fingerprint density at radius 2 is 1.93 bits per heavy atom. The molecule has 1 aromatic carbocycles. The van der Waals surface area contributed by atoms with Gasteiger partial charge in [-0.2, -0.15) is 0 Å². The lowest BCUT2D eigenvalue weighted by Gasteiger charge is -2.14. The monoisotopic (exact) mass is 508 g/mol. The minimum Gasteiger partial charge on any atom is -0.357 e. The van der Waals surface area contributed by atoms with Gasteiger partial charge in [0.1, 0.15) is 0 Å². The van der Waals surface area contributed by atoms with Crippen LogP contribution in [0.1, 0.15) is 25.8 Å². The van der Waals surface area contributed by atoms with Gasteiger partial charge in [0, 0.05) is 32.4 Å². The van der Waals surface area contributed by atoms with Crippen LogP contribution in [0, 0.1) is 5.92 Å². The van der Waals surface area contributed by atoms with Crippen molar-refractivity contribution in [2.24, 2.45) is 10.9 Å². The van der Waals surface area contributed by atoms with Crippen LogP contribution < -0.4 is 10.6 Å². The molecular weight excluding hydrogens is 475 g/mol. The van der Waals surface area contributed by atoms with Crippen molar-refractivity contribution in [2.75, 3.05) is 45.5 Å². The highest BCUT2D eigenvalue weighted by atomic mass is 127. The Bertz CT molecular complexity index is 692. The molecule has 0 aliphatic carbocycles. The standard InChI is InChI=1S/C19H32N4O2S.HI/c1-4-20-19(22-14-17-11-13-23(5-2)15-17)21-12-10-16-6-8-18(9-7-16)26(3,24)25;/h6-9,17H,4-5,10-15H2,1-3H3,(H2,20,21,22);1H. The summed E-state index contributed by atoms with van der Waals surface area (Å²) in [6.45, 7) is 10.2. The van der Waals surface area contributed by atoms with E-state index in [9.17, 15) is 8.42 Å². The smallest absolute Gasteiger partial charge is 0.191 e. The van der Waals surface area contributed by atoms with E-state index in [0.717, 1.165) is 50.7 Å². The molecule has 1 unspecified atom stereocenters. The number of likely N-dealkylation sites (tertiary alicyclic amines) is 1. The number of rotatable bonds is 8. The van der Waals surface area contributed by atoms with E-state index < -0.39 is 9.84 Å². The first-order valence-corrected chi connectivity index (χ1v) is 11.3. The molecule has 154 valence electrons. The lowest BCUT2D eigenvalue weighted by atomic mass is 10.1. The van der Waals surface area contributed by atoms with E-state index in [1.54, 1.807) is 12.1 Å². The van der Waals surface area contributed by atoms with E-state index in [2.05, 4.69) is 29.4 Å². The van der Waals surface area contributed by atoms with Crippen molar-refractivity contribution in [3.05, 3.63) is 29.8 Å². The van der Waals surface area contributed by atoms with Gasteiger partial charge in [-0.15, -0.1) is 24.0 Å². The molecule has 0 aromatic heterocycles. The second-order valence-electron chi connectivity index (χ2n) is 6.86. The lowest BCUT2D eigenvalue weighted by Crippen LogP contribution is -2.38. The van der Waals surface area contributed by atoms with Gasteiger partial charge in [0.25, 0.3) is 0 Å². The van der Waals surface area contributed by atoms with Crippen LogP contribution >= 0.6 is 24.0 Å². The molecule has 0 amide bonds. The molecular formula is C19H33IN4O2S. The van der Waals surface area contributed by atoms with Gasteiger partial charge in [-0.3, -0.25) is 4.99 Å². The SMILES string of the molecule is CCNC(=NCC1CCN(CC)C1)NCCc1ccc(S(C)(=O)=O)cc1.I. The Labute approximate surface area is 181 Å². The summed E-state index contributed by atoms with van der Waals surface area (Å²) < 4.78 is 23.0. The number of halogens is 1. The maximum atomic E-state index is 11.5. The van der Waals surface area contributed by atoms with E-state index >= 15 is 0 Å². The second-order valence-corrected chi connectivity index (χ2v) is 8.88. The highest BCUT2D eigenvalue weighted by molar-refractivity contribution is 14.0. The molecule has 2 N–H and O–H groups in total. The first-order chi connectivity index (χ1) is 12.4. The average molecular weight is 508 g/mol. The molecule has 0 saturated carbocycles. The molecule has 1 atom stereocenters. The highest BCUT2D eigenvalue weighted by Crippen LogP contribution is 2.15. The van der Waals surface area contributed by atoms with Gasteiger partial charge >= 0.3 is 0 Å². The molecule has 0 spiro atoms. The number of sulfone groups is 1. The van der Waals surface area contributed by atoms with E-state index in [4.69, 9.17) is 4.99 Å². The highest BCUT2D eigenvalue weighted by Gasteiger charge is 2.20. The fraction of sp³-hybridized carbons (Fsp3) is 0.632. The molecule has 1 heterocycles. The quantitative estimate of drug-likeness (QED) is 0.320. The van der Waals surface area contributed by atoms with Crippen LogP contribution in [-0.2, 0) is 16.3 Å². The summed E-state index contributed by atoms with van der Waals surface area (Å²) in [5.74, 6) is 1.50. The van der Waals surface area contributed by atoms with E-state index in [1.807, 2.05) is 12.1 Å². The average Bonchev–Trinajstić information content (AvgIpc) is 3.07. The zero-order valence-corrected chi connectivity index (χ0v) is 19.7. The Hall–Kier alpha value is -0.870. The van der Waals surface area contributed by atoms with Crippen LogP contribution in [0.4, 0.5) is 0 Å². The molecule has 1 fully saturated rings. The number of hydrogen-bond acceptors (Lipinski definition) is 4. The number of aliphatic imine (C=N–C) groups is 1. The predicted octanol–water partition coefficient (Wildman–Crippen LogP) is 2.15. The number of benzene rings is 1. The maximum absolute atomic E-state index is 11.5. The largest absolute Gasteiger partial charge is 0.357 e. The van der Waals surface area contributed by atoms with Crippen LogP contribution in [0.3, 0.4) is 0 Å². The zero-order chi connectivity index (χ0) is 19.0. The minimum atomic E-state index is -3.13. The molecule has 8 heteroatoms. The maximum Gasteiger partial charge on any atom is 0.191 e. The molecule has 6 nitrogen and oxygen atoms in total. The Morgan fingerprint density at radius 1 is 1.22 bits per heavy atom. The first-order valence-electron chi connectivity index (χ1n) is 9.46. The van der Waals surface area contributed by atoms with Crippen molar-refractivity contribution in [1.82, 2.24) is 15.5 Å². The van der Waals surface area contributed by atoms with Gasteiger partial charge in [-0.1, -0.05) is 19.1 Å². The summed E-state index contributed by atoms with van der Waals surface area (Å²) in [7, 11) is -3.13. The Balaban J connectivity index is 0.00000364. The van der Waals surface area contributed by atoms with E-state index in [-0.39, 0.29) is 24.0 Å². The minimum absolute atomic E-state index is 0. The van der Waals surface area contributed by atoms with Gasteiger partial charge in [0.2, 0.25) is 0 Å². The number of guanidine groups is 1. The summed E-state index contributed by atoms with van der Waals surface area (Å²) in [5.41, 5.74) is 1.11. The zero-order valence-electron chi connectivity index (χ0n) is 16.6. The number of hydrogen-bond donors (Lipinski definition) is 2. The third-order valence-electron chi connectivity index (χ3n) is 4.73. The normalized spacial score (nSPS) is 18.2. The number of nitrogens with zero attached hydrogens (tertiary/aromatic N) is 2. The van der Waals surface area contributed by atoms with E-state index in [1.165, 1.54) is 19.2 Å². The van der Waals surface area contributed by atoms with Crippen LogP contribution in [0.5, 0.6) is 0 Å². The Morgan fingerprint density at radius 3 is 2.48 bits per heavy atom. The number of nitrogens with one attached hydrogen (secondary N) is 2. The van der Waals surface area contributed by atoms with Crippen LogP contribution in [0.25, 0.3) is 0 Å². The fourth-order valence-electron chi connectivity index (χ4n) is 3.14. The molecule has 27 heavy (non-hydrogen) atoms. The van der Waals surface area contributed by atoms with Crippen LogP contribution in [0.2, 0.25) is 0 Å². The van der Waals surface area contributed by atoms with Crippen molar-refractivity contribution in [3.63, 3.8) is 0 Å². The summed E-state index contributed by atoms with van der Waals surface area (Å²) >= 11 is 0. The molecule has 1 saturated heterocycles. The second kappa shape index (κ2) is 11.9. The Kier molecular flexibility index (Phi) is 10.6. The third-order valence-corrected chi connectivity index (χ3v) is 5.86. The van der Waals surface area contributed by atoms with Gasteiger partial charge in [0.15, 0.2) is 15.8 Å². The van der Waals surface area contributed by atoms with Gasteiger partial charge in [-0.25, -0.2) is 8.42 Å². The molecule has 1 aliphatic heterocycles. The fourth-order valence-corrected chi connectivity index (χ4v) is 3.77. The van der Waals surface area contributed by atoms with Crippen molar-refractivity contribution < 1.29 is 8.42 Å².